The van der Waals surface area contributed by atoms with Gasteiger partial charge >= 0.3 is 5.97 Å². The Morgan fingerprint density at radius 2 is 1.07 bits per heavy atom. The van der Waals surface area contributed by atoms with Crippen LogP contribution in [0.4, 0.5) is 0 Å². The number of phenols is 1. The third kappa shape index (κ3) is 11.3. The summed E-state index contributed by atoms with van der Waals surface area (Å²) in [5, 5.41) is 19.8. The van der Waals surface area contributed by atoms with Crippen LogP contribution in [-0.4, -0.2) is 29.4 Å². The fraction of sp³-hybridized carbons (Fsp3) is 0.720. The molecule has 172 valence electrons. The highest BCUT2D eigenvalue weighted by atomic mass is 16.5. The predicted octanol–water partition coefficient (Wildman–Crippen LogP) is 7.35. The van der Waals surface area contributed by atoms with Gasteiger partial charge in [0.15, 0.2) is 11.5 Å². The van der Waals surface area contributed by atoms with Crippen molar-refractivity contribution >= 4 is 5.97 Å². The minimum absolute atomic E-state index is 0.0666. The second-order valence-corrected chi connectivity index (χ2v) is 8.07. The molecule has 0 unspecified atom stereocenters. The van der Waals surface area contributed by atoms with Gasteiger partial charge in [0, 0.05) is 0 Å². The Bertz CT molecular complexity index is 544. The average molecular weight is 423 g/mol. The summed E-state index contributed by atoms with van der Waals surface area (Å²) >= 11 is 0. The topological polar surface area (TPSA) is 76.0 Å². The summed E-state index contributed by atoms with van der Waals surface area (Å²) in [5.74, 6) is -0.784. The molecule has 0 fully saturated rings. The van der Waals surface area contributed by atoms with Crippen LogP contribution in [0.2, 0.25) is 0 Å². The molecule has 0 aliphatic rings. The van der Waals surface area contributed by atoms with Crippen molar-refractivity contribution in [3.8, 4) is 17.2 Å². The summed E-state index contributed by atoms with van der Waals surface area (Å²) in [5.41, 5.74) is 0.0666. The molecular formula is C25H42O5. The first kappa shape index (κ1) is 26.1. The van der Waals surface area contributed by atoms with E-state index in [0.717, 1.165) is 25.7 Å². The van der Waals surface area contributed by atoms with Crippen molar-refractivity contribution in [2.75, 3.05) is 13.2 Å². The molecule has 5 heteroatoms. The van der Waals surface area contributed by atoms with Crippen LogP contribution in [0.5, 0.6) is 17.2 Å². The molecule has 0 aromatic heterocycles. The molecule has 0 saturated carbocycles. The van der Waals surface area contributed by atoms with Gasteiger partial charge in [-0.1, -0.05) is 90.9 Å². The summed E-state index contributed by atoms with van der Waals surface area (Å²) in [6.45, 7) is 5.33. The summed E-state index contributed by atoms with van der Waals surface area (Å²) in [6.07, 6.45) is 16.4. The van der Waals surface area contributed by atoms with Crippen LogP contribution >= 0.6 is 0 Å². The lowest BCUT2D eigenvalue weighted by atomic mass is 10.1. The zero-order valence-electron chi connectivity index (χ0n) is 19.1. The smallest absolute Gasteiger partial charge is 0.335 e. The molecule has 0 heterocycles. The van der Waals surface area contributed by atoms with E-state index in [2.05, 4.69) is 13.8 Å². The fourth-order valence-electron chi connectivity index (χ4n) is 3.41. The van der Waals surface area contributed by atoms with Crippen molar-refractivity contribution in [3.63, 3.8) is 0 Å². The maximum atomic E-state index is 11.4. The molecule has 1 aromatic rings. The van der Waals surface area contributed by atoms with Gasteiger partial charge < -0.3 is 19.7 Å². The highest BCUT2D eigenvalue weighted by molar-refractivity contribution is 5.89. The lowest BCUT2D eigenvalue weighted by molar-refractivity contribution is 0.0695. The highest BCUT2D eigenvalue weighted by Gasteiger charge is 2.16. The van der Waals surface area contributed by atoms with Crippen molar-refractivity contribution in [1.82, 2.24) is 0 Å². The van der Waals surface area contributed by atoms with E-state index < -0.39 is 5.97 Å². The largest absolute Gasteiger partial charge is 0.502 e. The zero-order valence-corrected chi connectivity index (χ0v) is 19.1. The van der Waals surface area contributed by atoms with E-state index in [1.165, 1.54) is 76.3 Å². The van der Waals surface area contributed by atoms with Crippen molar-refractivity contribution in [2.45, 2.75) is 104 Å². The molecule has 0 spiro atoms. The Balaban J connectivity index is 2.44. The number of phenolic OH excluding ortho intramolecular Hbond substituents is 1. The summed E-state index contributed by atoms with van der Waals surface area (Å²) < 4.78 is 11.4. The third-order valence-corrected chi connectivity index (χ3v) is 5.30. The average Bonchev–Trinajstić information content (AvgIpc) is 2.73. The summed E-state index contributed by atoms with van der Waals surface area (Å²) in [4.78, 5) is 11.4. The quantitative estimate of drug-likeness (QED) is 0.228. The number of rotatable bonds is 19. The maximum absolute atomic E-state index is 11.4. The molecule has 0 saturated heterocycles. The van der Waals surface area contributed by atoms with Crippen molar-refractivity contribution < 1.29 is 24.5 Å². The van der Waals surface area contributed by atoms with Gasteiger partial charge in [-0.2, -0.15) is 0 Å². The lowest BCUT2D eigenvalue weighted by Crippen LogP contribution is -2.04. The molecule has 0 bridgehead atoms. The van der Waals surface area contributed by atoms with E-state index in [4.69, 9.17) is 9.47 Å². The third-order valence-electron chi connectivity index (χ3n) is 5.30. The van der Waals surface area contributed by atoms with Gasteiger partial charge in [-0.05, 0) is 25.0 Å². The van der Waals surface area contributed by atoms with Gasteiger partial charge in [0.05, 0.1) is 18.8 Å². The van der Waals surface area contributed by atoms with Gasteiger partial charge in [-0.15, -0.1) is 0 Å². The standard InChI is InChI=1S/C25H42O5/c1-3-5-7-9-11-13-15-17-29-22-19-21(25(27)28)20-23(24(22)26)30-18-16-14-12-10-8-6-4-2/h19-20,26H,3-18H2,1-2H3,(H,27,28). The second kappa shape index (κ2) is 16.8. The first-order valence-corrected chi connectivity index (χ1v) is 12.0. The first-order chi connectivity index (χ1) is 14.6. The van der Waals surface area contributed by atoms with Crippen molar-refractivity contribution in [1.29, 1.82) is 0 Å². The zero-order chi connectivity index (χ0) is 22.0. The van der Waals surface area contributed by atoms with E-state index in [0.29, 0.717) is 13.2 Å². The van der Waals surface area contributed by atoms with Crippen LogP contribution in [-0.2, 0) is 0 Å². The van der Waals surface area contributed by atoms with E-state index in [1.807, 2.05) is 0 Å². The van der Waals surface area contributed by atoms with Crippen LogP contribution < -0.4 is 9.47 Å². The second-order valence-electron chi connectivity index (χ2n) is 8.07. The lowest BCUT2D eigenvalue weighted by Gasteiger charge is -2.14. The molecule has 0 aliphatic heterocycles. The van der Waals surface area contributed by atoms with E-state index in [-0.39, 0.29) is 22.8 Å². The molecule has 30 heavy (non-hydrogen) atoms. The van der Waals surface area contributed by atoms with E-state index in [1.54, 1.807) is 0 Å². The van der Waals surface area contributed by atoms with Gasteiger partial charge in [0.1, 0.15) is 0 Å². The fourth-order valence-corrected chi connectivity index (χ4v) is 3.41. The van der Waals surface area contributed by atoms with Crippen LogP contribution in [0, 0.1) is 0 Å². The number of carboxylic acid groups (broad SMARTS) is 1. The molecular weight excluding hydrogens is 380 g/mol. The maximum Gasteiger partial charge on any atom is 0.335 e. The number of hydrogen-bond acceptors (Lipinski definition) is 4. The van der Waals surface area contributed by atoms with Gasteiger partial charge in [-0.3, -0.25) is 0 Å². The Morgan fingerprint density at radius 3 is 1.43 bits per heavy atom. The molecule has 0 atom stereocenters. The summed E-state index contributed by atoms with van der Waals surface area (Å²) in [6, 6.07) is 2.75. The van der Waals surface area contributed by atoms with Crippen molar-refractivity contribution in [3.05, 3.63) is 17.7 Å². The highest BCUT2D eigenvalue weighted by Crippen LogP contribution is 2.38. The normalized spacial score (nSPS) is 10.9. The molecule has 5 nitrogen and oxygen atoms in total. The minimum atomic E-state index is -1.06. The molecule has 2 N–H and O–H groups in total. The molecule has 1 aromatic carbocycles. The number of ether oxygens (including phenoxy) is 2. The number of hydrogen-bond donors (Lipinski definition) is 2. The van der Waals surface area contributed by atoms with Crippen LogP contribution in [0.15, 0.2) is 12.1 Å². The number of carboxylic acids is 1. The summed E-state index contributed by atoms with van der Waals surface area (Å²) in [7, 11) is 0. The van der Waals surface area contributed by atoms with Crippen LogP contribution in [0.25, 0.3) is 0 Å². The number of benzene rings is 1. The number of aromatic hydroxyl groups is 1. The van der Waals surface area contributed by atoms with Gasteiger partial charge in [0.25, 0.3) is 0 Å². The Morgan fingerprint density at radius 1 is 0.700 bits per heavy atom. The number of carbonyl (C=O) groups is 1. The van der Waals surface area contributed by atoms with Crippen LogP contribution in [0.3, 0.4) is 0 Å². The van der Waals surface area contributed by atoms with Crippen molar-refractivity contribution in [2.24, 2.45) is 0 Å². The monoisotopic (exact) mass is 422 g/mol. The van der Waals surface area contributed by atoms with E-state index >= 15 is 0 Å². The molecule has 1 rings (SSSR count). The van der Waals surface area contributed by atoms with Gasteiger partial charge in [-0.25, -0.2) is 4.79 Å². The minimum Gasteiger partial charge on any atom is -0.502 e. The Labute approximate surface area is 182 Å². The number of aromatic carboxylic acids is 1. The Kier molecular flexibility index (Phi) is 14.7. The SMILES string of the molecule is CCCCCCCCCOc1cc(C(=O)O)cc(OCCCCCCCCC)c1O. The molecule has 0 amide bonds. The molecule has 0 aliphatic carbocycles. The van der Waals surface area contributed by atoms with Crippen LogP contribution in [0.1, 0.15) is 114 Å². The Hall–Kier alpha value is -1.91. The number of unbranched alkanes of at least 4 members (excludes halogenated alkanes) is 12. The molecule has 0 radical (unpaired) electrons. The van der Waals surface area contributed by atoms with Gasteiger partial charge in [0.2, 0.25) is 5.75 Å². The first-order valence-electron chi connectivity index (χ1n) is 12.0. The predicted molar refractivity (Wildman–Crippen MR) is 122 cm³/mol. The van der Waals surface area contributed by atoms with E-state index in [9.17, 15) is 15.0 Å².